The SMILES string of the molecule is c1ccc(-c2cc(-c3ccccc3)c(N3c4ccc(-c5ccccc5)cc4N4c5cc(-c6ccccc6)ccc5N(c5c(-c6ccccc6)cc(-c6ccccc6)cc5-c5ccccc5)c5cc(C6c7ccccc7Cc7ccccc76)cc3c54)c(-c3ccccc3)c2)cc1. The van der Waals surface area contributed by atoms with Gasteiger partial charge in [0, 0.05) is 28.2 Å². The summed E-state index contributed by atoms with van der Waals surface area (Å²) < 4.78 is 0. The minimum atomic E-state index is -0.121. The molecule has 0 N–H and O–H groups in total. The van der Waals surface area contributed by atoms with E-state index >= 15 is 0 Å². The summed E-state index contributed by atoms with van der Waals surface area (Å²) in [6, 6.07) is 136. The van der Waals surface area contributed by atoms with Crippen LogP contribution in [0.2, 0.25) is 0 Å². The molecule has 0 saturated carbocycles. The van der Waals surface area contributed by atoms with E-state index in [1.807, 2.05) is 0 Å². The second kappa shape index (κ2) is 23.4. The average Bonchev–Trinajstić information content (AvgIpc) is 0.686. The molecule has 0 radical (unpaired) electrons. The highest BCUT2D eigenvalue weighted by Crippen LogP contribution is 2.68. The van der Waals surface area contributed by atoms with Crippen molar-refractivity contribution in [2.24, 2.45) is 0 Å². The molecule has 446 valence electrons. The van der Waals surface area contributed by atoms with Gasteiger partial charge in [-0.1, -0.05) is 303 Å². The zero-order valence-corrected chi connectivity index (χ0v) is 52.3. The molecule has 3 aliphatic rings. The van der Waals surface area contributed by atoms with Crippen LogP contribution in [0.1, 0.15) is 33.7 Å². The Hall–Kier alpha value is -12.3. The van der Waals surface area contributed by atoms with Gasteiger partial charge >= 0.3 is 0 Å². The molecule has 0 unspecified atom stereocenters. The highest BCUT2D eigenvalue weighted by molar-refractivity contribution is 6.18. The Balaban J connectivity index is 1.05. The zero-order valence-electron chi connectivity index (χ0n) is 52.3. The van der Waals surface area contributed by atoms with E-state index in [-0.39, 0.29) is 5.92 Å². The van der Waals surface area contributed by atoms with E-state index in [0.29, 0.717) is 0 Å². The Morgan fingerprint density at radius 2 is 0.463 bits per heavy atom. The van der Waals surface area contributed by atoms with E-state index in [0.717, 1.165) is 147 Å². The van der Waals surface area contributed by atoms with Crippen molar-refractivity contribution in [1.82, 2.24) is 0 Å². The van der Waals surface area contributed by atoms with Crippen molar-refractivity contribution in [1.29, 1.82) is 0 Å². The first-order valence-electron chi connectivity index (χ1n) is 33.0. The molecule has 0 aromatic heterocycles. The van der Waals surface area contributed by atoms with Gasteiger partial charge in [-0.05, 0) is 162 Å². The smallest absolute Gasteiger partial charge is 0.0948 e. The second-order valence-electron chi connectivity index (χ2n) is 25.1. The van der Waals surface area contributed by atoms with Gasteiger partial charge in [0.25, 0.3) is 0 Å². The molecular weight excluding hydrogens is 1150 g/mol. The maximum absolute atomic E-state index is 2.67. The first-order valence-corrected chi connectivity index (χ1v) is 33.0. The molecule has 0 atom stereocenters. The van der Waals surface area contributed by atoms with Crippen LogP contribution in [0.15, 0.2) is 364 Å². The molecule has 0 amide bonds. The first-order chi connectivity index (χ1) is 47.1. The predicted octanol–water partition coefficient (Wildman–Crippen LogP) is 25.1. The molecule has 2 heterocycles. The lowest BCUT2D eigenvalue weighted by atomic mass is 9.74. The Kier molecular flexibility index (Phi) is 13.7. The van der Waals surface area contributed by atoms with Crippen LogP contribution in [-0.2, 0) is 6.42 Å². The third-order valence-corrected chi connectivity index (χ3v) is 19.6. The van der Waals surface area contributed by atoms with Crippen molar-refractivity contribution < 1.29 is 0 Å². The number of anilines is 9. The molecule has 0 spiro atoms. The van der Waals surface area contributed by atoms with Crippen molar-refractivity contribution in [3.63, 3.8) is 0 Å². The Morgan fingerprint density at radius 1 is 0.189 bits per heavy atom. The predicted molar refractivity (Wildman–Crippen MR) is 398 cm³/mol. The van der Waals surface area contributed by atoms with Crippen molar-refractivity contribution in [2.45, 2.75) is 12.3 Å². The molecule has 15 aromatic rings. The van der Waals surface area contributed by atoms with E-state index < -0.39 is 0 Å². The normalized spacial score (nSPS) is 12.7. The number of nitrogens with zero attached hydrogens (tertiary/aromatic N) is 3. The maximum atomic E-state index is 2.67. The highest BCUT2D eigenvalue weighted by atomic mass is 15.3. The summed E-state index contributed by atoms with van der Waals surface area (Å²) in [5.41, 5.74) is 34.4. The van der Waals surface area contributed by atoms with Crippen LogP contribution in [-0.4, -0.2) is 0 Å². The zero-order chi connectivity index (χ0) is 62.8. The number of hydrogen-bond donors (Lipinski definition) is 0. The van der Waals surface area contributed by atoms with Crippen LogP contribution in [0.25, 0.3) is 89.0 Å². The van der Waals surface area contributed by atoms with Gasteiger partial charge in [-0.3, -0.25) is 0 Å². The van der Waals surface area contributed by atoms with Gasteiger partial charge < -0.3 is 14.7 Å². The number of rotatable bonds is 11. The lowest BCUT2D eigenvalue weighted by Gasteiger charge is -2.49. The molecule has 0 fully saturated rings. The van der Waals surface area contributed by atoms with E-state index in [9.17, 15) is 0 Å². The first kappa shape index (κ1) is 55.5. The van der Waals surface area contributed by atoms with Gasteiger partial charge in [0.1, 0.15) is 0 Å². The van der Waals surface area contributed by atoms with Crippen molar-refractivity contribution in [3.8, 4) is 89.0 Å². The van der Waals surface area contributed by atoms with E-state index in [1.165, 1.54) is 27.8 Å². The number of benzene rings is 15. The molecule has 3 heteroatoms. The van der Waals surface area contributed by atoms with Crippen LogP contribution in [0.3, 0.4) is 0 Å². The second-order valence-corrected chi connectivity index (χ2v) is 25.1. The van der Waals surface area contributed by atoms with Crippen LogP contribution in [0, 0.1) is 0 Å². The van der Waals surface area contributed by atoms with Crippen LogP contribution >= 0.6 is 0 Å². The summed E-state index contributed by atoms with van der Waals surface area (Å²) in [7, 11) is 0. The van der Waals surface area contributed by atoms with Crippen molar-refractivity contribution in [3.05, 3.63) is 392 Å². The van der Waals surface area contributed by atoms with Crippen molar-refractivity contribution in [2.75, 3.05) is 14.7 Å². The number of hydrogen-bond acceptors (Lipinski definition) is 3. The van der Waals surface area contributed by atoms with Gasteiger partial charge in [0.05, 0.1) is 51.2 Å². The minimum absolute atomic E-state index is 0.121. The largest absolute Gasteiger partial charge is 0.305 e. The fourth-order valence-corrected chi connectivity index (χ4v) is 15.3. The molecule has 0 bridgehead atoms. The van der Waals surface area contributed by atoms with Crippen LogP contribution in [0.4, 0.5) is 51.2 Å². The molecule has 95 heavy (non-hydrogen) atoms. The summed E-state index contributed by atoms with van der Waals surface area (Å²) in [5, 5.41) is 0. The standard InChI is InChI=1S/C92H63N3/c1-9-29-62(30-10-1)70-49-51-83-85(58-70)95-86-59-71(63-31-11-2-12-32-63)50-52-84(86)94(91-81(68-41-21-7-22-42-68)56-75(65-35-15-4-16-36-65)57-82(91)69-43-23-8-24-44-69)88-61-76(89-77-47-27-25-45-72(77)53-73-46-26-28-48-78(73)89)60-87(92(88)95)93(83)90-79(66-37-17-5-18-38-66)54-74(64-33-13-3-14-34-64)55-80(90)67-39-19-6-20-40-67/h1-52,54-61,89H,53H2. The van der Waals surface area contributed by atoms with Gasteiger partial charge in [0.15, 0.2) is 0 Å². The molecule has 0 saturated heterocycles. The fourth-order valence-electron chi connectivity index (χ4n) is 15.3. The third-order valence-electron chi connectivity index (χ3n) is 19.6. The summed E-state index contributed by atoms with van der Waals surface area (Å²) in [4.78, 5) is 7.98. The summed E-state index contributed by atoms with van der Waals surface area (Å²) in [6.45, 7) is 0. The van der Waals surface area contributed by atoms with Gasteiger partial charge in [-0.15, -0.1) is 0 Å². The van der Waals surface area contributed by atoms with Crippen molar-refractivity contribution >= 4 is 51.2 Å². The maximum Gasteiger partial charge on any atom is 0.0948 e. The Bertz CT molecular complexity index is 4910. The minimum Gasteiger partial charge on any atom is -0.305 e. The molecule has 1 aliphatic carbocycles. The highest BCUT2D eigenvalue weighted by Gasteiger charge is 2.44. The fraction of sp³-hybridized carbons (Fsp3) is 0.0217. The lowest BCUT2D eigenvalue weighted by molar-refractivity contribution is 0.884. The molecule has 2 aliphatic heterocycles. The van der Waals surface area contributed by atoms with Crippen LogP contribution in [0.5, 0.6) is 0 Å². The van der Waals surface area contributed by atoms with E-state index in [1.54, 1.807) is 0 Å². The Labute approximate surface area is 555 Å². The molecular formula is C92H63N3. The summed E-state index contributed by atoms with van der Waals surface area (Å²) >= 11 is 0. The average molecular weight is 1210 g/mol. The van der Waals surface area contributed by atoms with Gasteiger partial charge in [-0.2, -0.15) is 0 Å². The summed E-state index contributed by atoms with van der Waals surface area (Å²) in [6.07, 6.45) is 0.865. The Morgan fingerprint density at radius 3 is 0.789 bits per heavy atom. The lowest BCUT2D eigenvalue weighted by Crippen LogP contribution is -2.31. The van der Waals surface area contributed by atoms with Gasteiger partial charge in [0.2, 0.25) is 0 Å². The monoisotopic (exact) mass is 1210 g/mol. The summed E-state index contributed by atoms with van der Waals surface area (Å²) in [5.74, 6) is -0.121. The van der Waals surface area contributed by atoms with Gasteiger partial charge in [-0.25, -0.2) is 0 Å². The molecule has 18 rings (SSSR count). The van der Waals surface area contributed by atoms with Crippen LogP contribution < -0.4 is 14.7 Å². The number of fused-ring (bicyclic) bond motifs is 6. The topological polar surface area (TPSA) is 9.72 Å². The van der Waals surface area contributed by atoms with E-state index in [4.69, 9.17) is 0 Å². The third kappa shape index (κ3) is 9.67. The van der Waals surface area contributed by atoms with E-state index in [2.05, 4.69) is 379 Å². The molecule has 15 aromatic carbocycles. The molecule has 3 nitrogen and oxygen atoms in total. The quantitative estimate of drug-likeness (QED) is 0.128.